The van der Waals surface area contributed by atoms with Crippen LogP contribution in [0.4, 0.5) is 4.79 Å². The first kappa shape index (κ1) is 14.4. The molecule has 1 aliphatic rings. The molecule has 20 heavy (non-hydrogen) atoms. The van der Waals surface area contributed by atoms with Crippen LogP contribution in [0.1, 0.15) is 31.7 Å². The summed E-state index contributed by atoms with van der Waals surface area (Å²) in [6.07, 6.45) is 2.32. The predicted octanol–water partition coefficient (Wildman–Crippen LogP) is 1.97. The average Bonchev–Trinajstić information content (AvgIpc) is 2.84. The quantitative estimate of drug-likeness (QED) is 0.883. The van der Waals surface area contributed by atoms with Crippen LogP contribution in [0.25, 0.3) is 0 Å². The fourth-order valence-electron chi connectivity index (χ4n) is 2.48. The molecule has 1 aromatic rings. The molecule has 2 rings (SSSR count). The summed E-state index contributed by atoms with van der Waals surface area (Å²) in [5, 5.41) is 5.69. The zero-order valence-electron chi connectivity index (χ0n) is 11.6. The number of ether oxygens (including phenoxy) is 1. The lowest BCUT2D eigenvalue weighted by Crippen LogP contribution is -2.48. The summed E-state index contributed by atoms with van der Waals surface area (Å²) in [6.45, 7) is 1.74. The van der Waals surface area contributed by atoms with Crippen molar-refractivity contribution in [3.63, 3.8) is 0 Å². The maximum absolute atomic E-state index is 11.8. The van der Waals surface area contributed by atoms with E-state index in [1.165, 1.54) is 6.92 Å². The van der Waals surface area contributed by atoms with Gasteiger partial charge in [-0.2, -0.15) is 0 Å². The molecule has 2 N–H and O–H groups in total. The van der Waals surface area contributed by atoms with Gasteiger partial charge in [0.1, 0.15) is 6.61 Å². The molecule has 108 valence electrons. The van der Waals surface area contributed by atoms with Crippen LogP contribution < -0.4 is 10.6 Å². The first-order valence-corrected chi connectivity index (χ1v) is 6.89. The lowest BCUT2D eigenvalue weighted by Gasteiger charge is -2.21. The van der Waals surface area contributed by atoms with Crippen LogP contribution >= 0.6 is 0 Å². The second-order valence-corrected chi connectivity index (χ2v) is 5.05. The Hall–Kier alpha value is -2.04. The van der Waals surface area contributed by atoms with Gasteiger partial charge in [0.25, 0.3) is 0 Å². The zero-order chi connectivity index (χ0) is 14.4. The number of benzene rings is 1. The molecule has 5 heteroatoms. The molecule has 5 nitrogen and oxygen atoms in total. The van der Waals surface area contributed by atoms with E-state index in [2.05, 4.69) is 10.6 Å². The van der Waals surface area contributed by atoms with Crippen LogP contribution in [0.2, 0.25) is 0 Å². The van der Waals surface area contributed by atoms with E-state index in [4.69, 9.17) is 4.74 Å². The number of amides is 2. The van der Waals surface area contributed by atoms with Crippen LogP contribution in [0.15, 0.2) is 30.3 Å². The van der Waals surface area contributed by atoms with Crippen LogP contribution in [-0.4, -0.2) is 24.1 Å². The van der Waals surface area contributed by atoms with Gasteiger partial charge in [-0.1, -0.05) is 30.3 Å². The Balaban J connectivity index is 1.77. The van der Waals surface area contributed by atoms with E-state index in [0.717, 1.165) is 24.8 Å². The molecule has 1 aromatic carbocycles. The van der Waals surface area contributed by atoms with Gasteiger partial charge in [-0.15, -0.1) is 0 Å². The summed E-state index contributed by atoms with van der Waals surface area (Å²) in [6, 6.07) is 9.51. The third-order valence-electron chi connectivity index (χ3n) is 3.42. The number of hydrogen-bond acceptors (Lipinski definition) is 3. The van der Waals surface area contributed by atoms with Crippen molar-refractivity contribution in [2.45, 2.75) is 44.9 Å². The molecule has 0 aromatic heterocycles. The van der Waals surface area contributed by atoms with Crippen LogP contribution in [-0.2, 0) is 16.1 Å². The minimum atomic E-state index is -0.434. The van der Waals surface area contributed by atoms with E-state index in [1.54, 1.807) is 0 Å². The Bertz CT molecular complexity index is 461. The first-order chi connectivity index (χ1) is 9.65. The van der Waals surface area contributed by atoms with Gasteiger partial charge >= 0.3 is 6.09 Å². The fourth-order valence-corrected chi connectivity index (χ4v) is 2.48. The second-order valence-electron chi connectivity index (χ2n) is 5.05. The second kappa shape index (κ2) is 6.93. The van der Waals surface area contributed by atoms with Gasteiger partial charge in [-0.3, -0.25) is 4.79 Å². The first-order valence-electron chi connectivity index (χ1n) is 6.89. The van der Waals surface area contributed by atoms with E-state index >= 15 is 0 Å². The third-order valence-corrected chi connectivity index (χ3v) is 3.42. The van der Waals surface area contributed by atoms with Crippen molar-refractivity contribution in [2.24, 2.45) is 0 Å². The van der Waals surface area contributed by atoms with Crippen molar-refractivity contribution in [2.75, 3.05) is 0 Å². The number of hydrogen-bond donors (Lipinski definition) is 2. The Morgan fingerprint density at radius 2 is 1.80 bits per heavy atom. The topological polar surface area (TPSA) is 67.4 Å². The number of carbonyl (C=O) groups excluding carboxylic acids is 2. The molecule has 0 bridgehead atoms. The zero-order valence-corrected chi connectivity index (χ0v) is 11.6. The molecule has 0 unspecified atom stereocenters. The van der Waals surface area contributed by atoms with Gasteiger partial charge in [0.05, 0.1) is 6.04 Å². The molecule has 1 aliphatic carbocycles. The summed E-state index contributed by atoms with van der Waals surface area (Å²) in [5.74, 6) is -0.0682. The summed E-state index contributed by atoms with van der Waals surface area (Å²) in [4.78, 5) is 22.8. The largest absolute Gasteiger partial charge is 0.445 e. The maximum atomic E-state index is 11.8. The van der Waals surface area contributed by atoms with Crippen molar-refractivity contribution in [1.29, 1.82) is 0 Å². The molecule has 1 fully saturated rings. The molecule has 2 atom stereocenters. The Labute approximate surface area is 118 Å². The molecule has 0 saturated heterocycles. The minimum absolute atomic E-state index is 0.0109. The highest BCUT2D eigenvalue weighted by Crippen LogP contribution is 2.19. The van der Waals surface area contributed by atoms with Crippen molar-refractivity contribution in [3.05, 3.63) is 35.9 Å². The standard InChI is InChI=1S/C15H20N2O3/c1-11(18)16-13-8-5-9-14(13)17-15(19)20-10-12-6-3-2-4-7-12/h2-4,6-7,13-14H,5,8-10H2,1H3,(H,16,18)(H,17,19)/t13-,14+/m1/s1. The molecular weight excluding hydrogens is 256 g/mol. The molecule has 0 radical (unpaired) electrons. The fraction of sp³-hybridized carbons (Fsp3) is 0.467. The molecular formula is C15H20N2O3. The van der Waals surface area contributed by atoms with Gasteiger partial charge in [-0.25, -0.2) is 4.79 Å². The van der Waals surface area contributed by atoms with E-state index in [9.17, 15) is 9.59 Å². The number of alkyl carbamates (subject to hydrolysis) is 1. The Morgan fingerprint density at radius 1 is 1.15 bits per heavy atom. The summed E-state index contributed by atoms with van der Waals surface area (Å²) in [7, 11) is 0. The highest BCUT2D eigenvalue weighted by molar-refractivity contribution is 5.73. The van der Waals surface area contributed by atoms with Gasteiger partial charge in [0.2, 0.25) is 5.91 Å². The van der Waals surface area contributed by atoms with Crippen LogP contribution in [0, 0.1) is 0 Å². The Morgan fingerprint density at radius 3 is 2.45 bits per heavy atom. The van der Waals surface area contributed by atoms with Crippen molar-refractivity contribution < 1.29 is 14.3 Å². The molecule has 1 saturated carbocycles. The monoisotopic (exact) mass is 276 g/mol. The molecule has 0 aliphatic heterocycles. The van der Waals surface area contributed by atoms with Crippen molar-refractivity contribution in [1.82, 2.24) is 10.6 Å². The van der Waals surface area contributed by atoms with Crippen LogP contribution in [0.3, 0.4) is 0 Å². The summed E-state index contributed by atoms with van der Waals surface area (Å²) < 4.78 is 5.18. The molecule has 2 amide bonds. The van der Waals surface area contributed by atoms with E-state index < -0.39 is 6.09 Å². The van der Waals surface area contributed by atoms with Crippen LogP contribution in [0.5, 0.6) is 0 Å². The van der Waals surface area contributed by atoms with E-state index in [-0.39, 0.29) is 24.6 Å². The number of carbonyl (C=O) groups is 2. The van der Waals surface area contributed by atoms with Crippen molar-refractivity contribution >= 4 is 12.0 Å². The predicted molar refractivity (Wildman–Crippen MR) is 75.0 cm³/mol. The number of nitrogens with one attached hydrogen (secondary N) is 2. The highest BCUT2D eigenvalue weighted by atomic mass is 16.5. The van der Waals surface area contributed by atoms with Gasteiger partial charge in [-0.05, 0) is 24.8 Å². The minimum Gasteiger partial charge on any atom is -0.445 e. The Kier molecular flexibility index (Phi) is 4.98. The smallest absolute Gasteiger partial charge is 0.407 e. The average molecular weight is 276 g/mol. The van der Waals surface area contributed by atoms with E-state index in [0.29, 0.717) is 0 Å². The third kappa shape index (κ3) is 4.26. The van der Waals surface area contributed by atoms with Gasteiger partial charge < -0.3 is 15.4 Å². The lowest BCUT2D eigenvalue weighted by atomic mass is 10.2. The van der Waals surface area contributed by atoms with Crippen molar-refractivity contribution in [3.8, 4) is 0 Å². The molecule has 0 spiro atoms. The normalized spacial score (nSPS) is 21.2. The lowest BCUT2D eigenvalue weighted by molar-refractivity contribution is -0.119. The molecule has 0 heterocycles. The number of rotatable bonds is 4. The summed E-state index contributed by atoms with van der Waals surface area (Å²) in [5.41, 5.74) is 0.951. The van der Waals surface area contributed by atoms with Gasteiger partial charge in [0, 0.05) is 13.0 Å². The maximum Gasteiger partial charge on any atom is 0.407 e. The van der Waals surface area contributed by atoms with E-state index in [1.807, 2.05) is 30.3 Å². The van der Waals surface area contributed by atoms with Gasteiger partial charge in [0.15, 0.2) is 0 Å². The SMILES string of the molecule is CC(=O)N[C@@H]1CCC[C@@H]1NC(=O)OCc1ccccc1. The highest BCUT2D eigenvalue weighted by Gasteiger charge is 2.29. The summed E-state index contributed by atoms with van der Waals surface area (Å²) >= 11 is 0.